The van der Waals surface area contributed by atoms with Gasteiger partial charge in [0.2, 0.25) is 0 Å². The van der Waals surface area contributed by atoms with Gasteiger partial charge in [-0.25, -0.2) is 0 Å². The van der Waals surface area contributed by atoms with E-state index in [1.807, 2.05) is 23.5 Å². The summed E-state index contributed by atoms with van der Waals surface area (Å²) in [5.41, 5.74) is 2.57. The predicted octanol–water partition coefficient (Wildman–Crippen LogP) is 4.87. The third-order valence-corrected chi connectivity index (χ3v) is 7.42. The Hall–Kier alpha value is -1.22. The Morgan fingerprint density at radius 2 is 0.956 bits per heavy atom. The van der Waals surface area contributed by atoms with Crippen molar-refractivity contribution in [2.45, 2.75) is 46.1 Å². The molecule has 0 amide bonds. The summed E-state index contributed by atoms with van der Waals surface area (Å²) in [6.07, 6.45) is 0. The van der Waals surface area contributed by atoms with E-state index in [1.165, 1.54) is 25.0 Å². The van der Waals surface area contributed by atoms with Crippen molar-refractivity contribution < 1.29 is 47.5 Å². The smallest absolute Gasteiger partial charge is 0.155 e. The van der Waals surface area contributed by atoms with Gasteiger partial charge in [0.25, 0.3) is 0 Å². The highest BCUT2D eigenvalue weighted by molar-refractivity contribution is 7.98. The molecule has 0 saturated heterocycles. The lowest BCUT2D eigenvalue weighted by molar-refractivity contribution is -0.122. The van der Waals surface area contributed by atoms with Crippen molar-refractivity contribution >= 4 is 35.1 Å². The quantitative estimate of drug-likeness (QED) is 0.100. The van der Waals surface area contributed by atoms with Gasteiger partial charge in [0.1, 0.15) is 25.6 Å². The van der Waals surface area contributed by atoms with Crippen molar-refractivity contribution in [3.05, 3.63) is 29.3 Å². The maximum absolute atomic E-state index is 10.8. The minimum Gasteiger partial charge on any atom is -0.491 e. The highest BCUT2D eigenvalue weighted by Gasteiger charge is 2.10. The minimum absolute atomic E-state index is 0.0118. The van der Waals surface area contributed by atoms with Crippen molar-refractivity contribution in [3.63, 3.8) is 0 Å². The summed E-state index contributed by atoms with van der Waals surface area (Å²) >= 11 is 3.65. The molecule has 0 aliphatic rings. The number of thioether (sulfide) groups is 2. The van der Waals surface area contributed by atoms with Gasteiger partial charge in [0.05, 0.1) is 79.3 Å². The van der Waals surface area contributed by atoms with E-state index in [0.717, 1.165) is 28.8 Å². The first-order valence-corrected chi connectivity index (χ1v) is 17.9. The van der Waals surface area contributed by atoms with Crippen LogP contribution in [-0.4, -0.2) is 122 Å². The van der Waals surface area contributed by atoms with Gasteiger partial charge in [-0.15, -0.1) is 0 Å². The Morgan fingerprint density at radius 1 is 0.556 bits per heavy atom. The summed E-state index contributed by atoms with van der Waals surface area (Å²) in [6, 6.07) is 6.47. The average Bonchev–Trinajstić information content (AvgIpc) is 2.97. The van der Waals surface area contributed by atoms with Crippen LogP contribution in [-0.2, 0) is 54.3 Å². The van der Waals surface area contributed by atoms with Crippen LogP contribution < -0.4 is 4.74 Å². The molecule has 1 aromatic carbocycles. The minimum atomic E-state index is 0.0118. The lowest BCUT2D eigenvalue weighted by Crippen LogP contribution is -2.17. The standard InChI is InChI=1S/C33H56O10S2/c1-28(34)23-40-12-10-36-6-8-38-16-18-44-25-30-20-31(22-32(21-30)43-15-14-42-27-33(3,4)5)26-45-19-17-39-9-7-37-11-13-41-24-29(2)35/h20-22H,6-19,23-27H2,1-5H3. The molecule has 45 heavy (non-hydrogen) atoms. The zero-order valence-corrected chi connectivity index (χ0v) is 29.7. The number of ether oxygens (including phenoxy) is 8. The Morgan fingerprint density at radius 3 is 1.38 bits per heavy atom. The Bertz CT molecular complexity index is 838. The van der Waals surface area contributed by atoms with E-state index in [0.29, 0.717) is 85.9 Å². The number of hydrogen-bond acceptors (Lipinski definition) is 12. The van der Waals surface area contributed by atoms with Crippen LogP contribution in [0.5, 0.6) is 5.75 Å². The normalized spacial score (nSPS) is 11.7. The summed E-state index contributed by atoms with van der Waals surface area (Å²) in [4.78, 5) is 21.7. The first-order valence-electron chi connectivity index (χ1n) is 15.6. The van der Waals surface area contributed by atoms with E-state index in [-0.39, 0.29) is 30.2 Å². The van der Waals surface area contributed by atoms with Crippen LogP contribution in [0.15, 0.2) is 18.2 Å². The second kappa shape index (κ2) is 27.9. The number of Topliss-reactive ketones (excluding diaryl/α,β-unsaturated/α-hetero) is 2. The molecular formula is C33H56O10S2. The molecule has 0 atom stereocenters. The SMILES string of the molecule is CC(=O)COCCOCCOCCSCc1cc(CSCCOCCOCCOCC(C)=O)cc(OCCOCC(C)(C)C)c1. The molecular weight excluding hydrogens is 620 g/mol. The Balaban J connectivity index is 2.33. The monoisotopic (exact) mass is 676 g/mol. The Labute approximate surface area is 279 Å². The molecule has 12 heteroatoms. The average molecular weight is 677 g/mol. The van der Waals surface area contributed by atoms with E-state index in [9.17, 15) is 9.59 Å². The van der Waals surface area contributed by atoms with Crippen LogP contribution in [0.4, 0.5) is 0 Å². The van der Waals surface area contributed by atoms with Crippen LogP contribution >= 0.6 is 23.5 Å². The topological polar surface area (TPSA) is 108 Å². The summed E-state index contributed by atoms with van der Waals surface area (Å²) in [7, 11) is 0. The third kappa shape index (κ3) is 28.7. The van der Waals surface area contributed by atoms with Gasteiger partial charge >= 0.3 is 0 Å². The number of rotatable bonds is 31. The van der Waals surface area contributed by atoms with Gasteiger partial charge in [0, 0.05) is 23.0 Å². The molecule has 0 radical (unpaired) electrons. The molecule has 0 fully saturated rings. The summed E-state index contributed by atoms with van der Waals surface area (Å²) in [6.45, 7) is 16.6. The van der Waals surface area contributed by atoms with Crippen LogP contribution in [0.1, 0.15) is 45.7 Å². The van der Waals surface area contributed by atoms with Crippen LogP contribution in [0.25, 0.3) is 0 Å². The summed E-state index contributed by atoms with van der Waals surface area (Å²) < 4.78 is 44.4. The second-order valence-corrected chi connectivity index (χ2v) is 13.7. The number of benzene rings is 1. The zero-order chi connectivity index (χ0) is 33.0. The predicted molar refractivity (Wildman–Crippen MR) is 181 cm³/mol. The third-order valence-electron chi connectivity index (χ3n) is 5.44. The number of ketones is 2. The molecule has 10 nitrogen and oxygen atoms in total. The fraction of sp³-hybridized carbons (Fsp3) is 0.758. The zero-order valence-electron chi connectivity index (χ0n) is 28.1. The van der Waals surface area contributed by atoms with E-state index in [2.05, 4.69) is 39.0 Å². The first kappa shape index (κ1) is 41.8. The van der Waals surface area contributed by atoms with Crippen molar-refractivity contribution in [2.75, 3.05) is 111 Å². The maximum Gasteiger partial charge on any atom is 0.155 e. The van der Waals surface area contributed by atoms with Gasteiger partial charge in [0.15, 0.2) is 11.6 Å². The van der Waals surface area contributed by atoms with Crippen LogP contribution in [0.2, 0.25) is 0 Å². The summed E-state index contributed by atoms with van der Waals surface area (Å²) in [5.74, 6) is 4.38. The number of hydrogen-bond donors (Lipinski definition) is 0. The lowest BCUT2D eigenvalue weighted by Gasteiger charge is -2.18. The van der Waals surface area contributed by atoms with Crippen LogP contribution in [0, 0.1) is 5.41 Å². The molecule has 0 aliphatic heterocycles. The molecule has 0 N–H and O–H groups in total. The molecule has 0 saturated carbocycles. The fourth-order valence-corrected chi connectivity index (χ4v) is 5.07. The summed E-state index contributed by atoms with van der Waals surface area (Å²) in [5, 5.41) is 0. The molecule has 0 aliphatic carbocycles. The van der Waals surface area contributed by atoms with Crippen molar-refractivity contribution in [1.29, 1.82) is 0 Å². The highest BCUT2D eigenvalue weighted by atomic mass is 32.2. The molecule has 0 spiro atoms. The van der Waals surface area contributed by atoms with Crippen molar-refractivity contribution in [2.24, 2.45) is 5.41 Å². The highest BCUT2D eigenvalue weighted by Crippen LogP contribution is 2.24. The Kier molecular flexibility index (Phi) is 25.9. The van der Waals surface area contributed by atoms with E-state index in [4.69, 9.17) is 37.9 Å². The molecule has 0 unspecified atom stereocenters. The van der Waals surface area contributed by atoms with E-state index in [1.54, 1.807) is 0 Å². The molecule has 0 heterocycles. The van der Waals surface area contributed by atoms with Gasteiger partial charge in [-0.05, 0) is 42.5 Å². The van der Waals surface area contributed by atoms with Gasteiger partial charge in [-0.3, -0.25) is 9.59 Å². The molecule has 1 aromatic rings. The van der Waals surface area contributed by atoms with Crippen molar-refractivity contribution in [1.82, 2.24) is 0 Å². The van der Waals surface area contributed by atoms with E-state index < -0.39 is 0 Å². The first-order chi connectivity index (χ1) is 21.7. The lowest BCUT2D eigenvalue weighted by atomic mass is 9.99. The van der Waals surface area contributed by atoms with Gasteiger partial charge in [-0.2, -0.15) is 23.5 Å². The van der Waals surface area contributed by atoms with Crippen LogP contribution in [0.3, 0.4) is 0 Å². The fourth-order valence-electron chi connectivity index (χ4n) is 3.50. The van der Waals surface area contributed by atoms with Gasteiger partial charge in [-0.1, -0.05) is 26.8 Å². The number of carbonyl (C=O) groups excluding carboxylic acids is 2. The molecule has 1 rings (SSSR count). The molecule has 260 valence electrons. The number of carbonyl (C=O) groups is 2. The van der Waals surface area contributed by atoms with Gasteiger partial charge < -0.3 is 37.9 Å². The largest absolute Gasteiger partial charge is 0.491 e. The van der Waals surface area contributed by atoms with E-state index >= 15 is 0 Å². The van der Waals surface area contributed by atoms with Crippen molar-refractivity contribution in [3.8, 4) is 5.75 Å². The molecule has 0 aromatic heterocycles. The molecule has 0 bridgehead atoms. The maximum atomic E-state index is 10.8. The second-order valence-electron chi connectivity index (χ2n) is 11.5.